The zero-order valence-corrected chi connectivity index (χ0v) is 44.1. The summed E-state index contributed by atoms with van der Waals surface area (Å²) in [4.78, 5) is 0. The van der Waals surface area contributed by atoms with Crippen molar-refractivity contribution in [3.63, 3.8) is 0 Å². The highest BCUT2D eigenvalue weighted by Gasteiger charge is 2.50. The maximum Gasteiger partial charge on any atom is 0.314 e. The first-order valence-corrected chi connectivity index (χ1v) is 44.6. The Hall–Kier alpha value is 1.55. The summed E-state index contributed by atoms with van der Waals surface area (Å²) in [5, 5.41) is 18.1. The fourth-order valence-corrected chi connectivity index (χ4v) is 53.0. The van der Waals surface area contributed by atoms with Crippen LogP contribution in [-0.2, 0) is 32.9 Å². The van der Waals surface area contributed by atoms with Gasteiger partial charge in [-0.15, -0.1) is 0 Å². The molecule has 2 N–H and O–H groups in total. The van der Waals surface area contributed by atoms with E-state index in [1.54, 1.807) is 0 Å². The molecule has 10 nitrogen and oxygen atoms in total. The van der Waals surface area contributed by atoms with E-state index < -0.39 is 76.6 Å². The topological polar surface area (TPSA) is 114 Å². The molecule has 0 saturated carbocycles. The largest absolute Gasteiger partial charge is 0.436 e. The monoisotopic (exact) mass is 852 g/mol. The van der Waals surface area contributed by atoms with Gasteiger partial charge < -0.3 is 43.1 Å². The van der Waals surface area contributed by atoms with Crippen molar-refractivity contribution in [3.05, 3.63) is 0 Å². The molecule has 19 heteroatoms. The molecule has 49 heavy (non-hydrogen) atoms. The van der Waals surface area contributed by atoms with E-state index in [0.29, 0.717) is 0 Å². The van der Waals surface area contributed by atoms with Crippen molar-refractivity contribution >= 4 is 76.6 Å². The number of rotatable bonds is 28. The van der Waals surface area contributed by atoms with Crippen LogP contribution in [0.3, 0.4) is 0 Å². The summed E-state index contributed by atoms with van der Waals surface area (Å²) in [5.41, 5.74) is 0. The molecule has 0 fully saturated rings. The molecule has 0 aliphatic heterocycles. The second kappa shape index (κ2) is 20.5. The Morgan fingerprint density at radius 2 is 0.449 bits per heavy atom. The zero-order chi connectivity index (χ0) is 38.6. The first kappa shape index (κ1) is 50.6. The van der Waals surface area contributed by atoms with Crippen LogP contribution in [0.25, 0.3) is 0 Å². The van der Waals surface area contributed by atoms with E-state index in [9.17, 15) is 0 Å². The third kappa shape index (κ3) is 26.1. The molecule has 0 atom stereocenters. The summed E-state index contributed by atoms with van der Waals surface area (Å²) in [6.45, 7) is 39.2. The van der Waals surface area contributed by atoms with Crippen LogP contribution in [0, 0.1) is 0 Å². The van der Waals surface area contributed by atoms with Gasteiger partial charge in [0.15, 0.2) is 16.6 Å². The molecule has 0 unspecified atom stereocenters. The van der Waals surface area contributed by atoms with E-state index in [-0.39, 0.29) is 13.2 Å². The van der Waals surface area contributed by atoms with Crippen LogP contribution in [0.4, 0.5) is 0 Å². The van der Waals surface area contributed by atoms with Crippen LogP contribution in [0.15, 0.2) is 0 Å². The quantitative estimate of drug-likeness (QED) is 0.0583. The van der Waals surface area contributed by atoms with E-state index in [0.717, 1.165) is 63.5 Å². The minimum atomic E-state index is -2.67. The van der Waals surface area contributed by atoms with Crippen molar-refractivity contribution in [1.82, 2.24) is 0 Å². The lowest BCUT2D eigenvalue weighted by Gasteiger charge is -2.44. The summed E-state index contributed by atoms with van der Waals surface area (Å²) in [6.07, 6.45) is 8.40. The Kier molecular flexibility index (Phi) is 21.1. The highest BCUT2D eigenvalue weighted by Crippen LogP contribution is 2.31. The van der Waals surface area contributed by atoms with Gasteiger partial charge in [0.25, 0.3) is 0 Å². The number of hydrogen-bond donors (Lipinski definition) is 2. The second-order valence-corrected chi connectivity index (χ2v) is 52.1. The van der Waals surface area contributed by atoms with Crippen LogP contribution in [0.2, 0.25) is 130 Å². The summed E-state index contributed by atoms with van der Waals surface area (Å²) in [5.74, 6) is 0. The molecule has 0 bridgehead atoms. The van der Waals surface area contributed by atoms with Crippen molar-refractivity contribution in [1.29, 1.82) is 0 Å². The number of aliphatic hydroxyl groups excluding tert-OH is 2. The fraction of sp³-hybridized carbons (Fsp3) is 1.00. The van der Waals surface area contributed by atoms with Gasteiger partial charge >= 0.3 is 59.9 Å². The van der Waals surface area contributed by atoms with Crippen molar-refractivity contribution in [2.24, 2.45) is 0 Å². The van der Waals surface area contributed by atoms with E-state index >= 15 is 0 Å². The lowest BCUT2D eigenvalue weighted by Crippen LogP contribution is -2.62. The van der Waals surface area contributed by atoms with Gasteiger partial charge in [0.1, 0.15) is 0 Å². The molecule has 0 aliphatic rings. The molecule has 0 saturated heterocycles. The van der Waals surface area contributed by atoms with Gasteiger partial charge in [0.2, 0.25) is 0 Å². The van der Waals surface area contributed by atoms with Crippen LogP contribution >= 0.6 is 0 Å². The number of hydrogen-bond acceptors (Lipinski definition) is 10. The second-order valence-electron chi connectivity index (χ2n) is 17.9. The molecule has 0 heterocycles. The summed E-state index contributed by atoms with van der Waals surface area (Å²) >= 11 is 0. The van der Waals surface area contributed by atoms with Crippen LogP contribution < -0.4 is 0 Å². The Balaban J connectivity index is 5.28. The molecule has 0 aromatic rings. The molecule has 0 amide bonds. The fourth-order valence-electron chi connectivity index (χ4n) is 7.16. The molecular formula is C30H80O10Si9. The van der Waals surface area contributed by atoms with Gasteiger partial charge in [-0.3, -0.25) is 0 Å². The highest BCUT2D eigenvalue weighted by molar-refractivity contribution is 6.92. The standard InChI is InChI=1S/C30H80O10Si9/c1-41(2,29-25-21-19-23-27-31)33-43(5,6)35-45(9,10)37-47(13,14)39-49(17,18)40-48(15,16)38-46(11,12)36-44(7,8)34-42(3,4)30-26-22-20-24-28-32/h31-32H,19-30H2,1-18H3. The van der Waals surface area contributed by atoms with Crippen molar-refractivity contribution in [3.8, 4) is 0 Å². The summed E-state index contributed by atoms with van der Waals surface area (Å²) < 4.78 is 54.3. The maximum atomic E-state index is 9.06. The normalized spacial score (nSPS) is 14.9. The predicted molar refractivity (Wildman–Crippen MR) is 227 cm³/mol. The Labute approximate surface area is 312 Å². The first-order chi connectivity index (χ1) is 21.8. The summed E-state index contributed by atoms with van der Waals surface area (Å²) in [7, 11) is -21.9. The van der Waals surface area contributed by atoms with Gasteiger partial charge in [0, 0.05) is 13.2 Å². The van der Waals surface area contributed by atoms with Crippen molar-refractivity contribution < 1.29 is 43.1 Å². The SMILES string of the molecule is C[Si](C)(CCCCCCO)O[Si](C)(C)O[Si](C)(C)O[Si](C)(C)O[Si](C)(C)O[Si](C)(C)O[Si](C)(C)O[Si](C)(C)O[Si](C)(C)CCCCCCO. The average Bonchev–Trinajstić information content (AvgIpc) is 2.77. The van der Waals surface area contributed by atoms with Gasteiger partial charge in [-0.1, -0.05) is 38.5 Å². The van der Waals surface area contributed by atoms with Crippen molar-refractivity contribution in [2.45, 2.75) is 181 Å². The zero-order valence-electron chi connectivity index (χ0n) is 35.1. The smallest absolute Gasteiger partial charge is 0.314 e. The molecule has 0 radical (unpaired) electrons. The average molecular weight is 854 g/mol. The lowest BCUT2D eigenvalue weighted by molar-refractivity contribution is 0.260. The minimum absolute atomic E-state index is 0.270. The maximum absolute atomic E-state index is 9.06. The lowest BCUT2D eigenvalue weighted by atomic mass is 10.2. The van der Waals surface area contributed by atoms with Gasteiger partial charge in [0.05, 0.1) is 0 Å². The van der Waals surface area contributed by atoms with Gasteiger partial charge in [-0.05, 0) is 143 Å². The number of aliphatic hydroxyl groups is 2. The summed E-state index contributed by atoms with van der Waals surface area (Å²) in [6, 6.07) is 2.18. The first-order valence-electron chi connectivity index (χ1n) is 18.6. The van der Waals surface area contributed by atoms with Crippen molar-refractivity contribution in [2.75, 3.05) is 13.2 Å². The molecule has 0 spiro atoms. The van der Waals surface area contributed by atoms with E-state index in [1.165, 1.54) is 0 Å². The molecule has 0 aliphatic carbocycles. The Morgan fingerprint density at radius 1 is 0.265 bits per heavy atom. The molecular weight excluding hydrogens is 773 g/mol. The third-order valence-electron chi connectivity index (χ3n) is 7.37. The molecule has 0 rings (SSSR count). The minimum Gasteiger partial charge on any atom is -0.436 e. The molecule has 0 aromatic carbocycles. The van der Waals surface area contributed by atoms with Gasteiger partial charge in [-0.25, -0.2) is 0 Å². The van der Waals surface area contributed by atoms with Gasteiger partial charge in [-0.2, -0.15) is 0 Å². The third-order valence-corrected chi connectivity index (χ3v) is 42.4. The van der Waals surface area contributed by atoms with Crippen LogP contribution in [-0.4, -0.2) is 100.0 Å². The highest BCUT2D eigenvalue weighted by atomic mass is 28.5. The Bertz CT molecular complexity index is 877. The van der Waals surface area contributed by atoms with Crippen LogP contribution in [0.5, 0.6) is 0 Å². The van der Waals surface area contributed by atoms with E-state index in [1.807, 2.05) is 0 Å². The Morgan fingerprint density at radius 3 is 0.653 bits per heavy atom. The molecule has 0 aromatic heterocycles. The van der Waals surface area contributed by atoms with E-state index in [2.05, 4.69) is 118 Å². The number of unbranched alkanes of at least 4 members (excludes halogenated alkanes) is 6. The molecule has 296 valence electrons. The predicted octanol–water partition coefficient (Wildman–Crippen LogP) is 9.55. The van der Waals surface area contributed by atoms with E-state index in [4.69, 9.17) is 43.1 Å². The van der Waals surface area contributed by atoms with Crippen LogP contribution in [0.1, 0.15) is 51.4 Å².